The van der Waals surface area contributed by atoms with E-state index >= 15 is 0 Å². The fraction of sp³-hybridized carbons (Fsp3) is 0.269. The smallest absolute Gasteiger partial charge is 0.223 e. The van der Waals surface area contributed by atoms with Crippen molar-refractivity contribution < 1.29 is 14.0 Å². The number of fused-ring (bicyclic) bond motifs is 1. The number of rotatable bonds is 7. The van der Waals surface area contributed by atoms with Crippen LogP contribution in [0.1, 0.15) is 35.4 Å². The third-order valence-corrected chi connectivity index (χ3v) is 6.12. The lowest BCUT2D eigenvalue weighted by Gasteiger charge is -2.12. The molecule has 32 heavy (non-hydrogen) atoms. The Balaban J connectivity index is 1.32. The molecule has 1 aliphatic carbocycles. The van der Waals surface area contributed by atoms with Crippen LogP contribution in [0.4, 0.5) is 0 Å². The van der Waals surface area contributed by atoms with Crippen LogP contribution in [0.5, 0.6) is 0 Å². The molecule has 0 saturated heterocycles. The SMILES string of the molecule is CNC(=O)[C@@H](CC(=O)c1ccc(-c2ccc(-c3cn4cc(C)ccc4n3)cc2)o1)C1CC1. The number of nitrogens with one attached hydrogen (secondary N) is 1. The summed E-state index contributed by atoms with van der Waals surface area (Å²) < 4.78 is 7.88. The summed E-state index contributed by atoms with van der Waals surface area (Å²) in [6, 6.07) is 15.5. The number of benzene rings is 1. The van der Waals surface area contributed by atoms with Gasteiger partial charge in [0.2, 0.25) is 5.91 Å². The minimum absolute atomic E-state index is 0.0645. The number of carbonyl (C=O) groups is 2. The third-order valence-electron chi connectivity index (χ3n) is 6.12. The van der Waals surface area contributed by atoms with Gasteiger partial charge in [-0.25, -0.2) is 4.98 Å². The Morgan fingerprint density at radius 1 is 1.06 bits per heavy atom. The molecule has 1 fully saturated rings. The van der Waals surface area contributed by atoms with Gasteiger partial charge in [0.15, 0.2) is 11.5 Å². The van der Waals surface area contributed by atoms with Gasteiger partial charge in [-0.1, -0.05) is 30.3 Å². The summed E-state index contributed by atoms with van der Waals surface area (Å²) in [7, 11) is 1.62. The van der Waals surface area contributed by atoms with Gasteiger partial charge in [-0.3, -0.25) is 9.59 Å². The number of ketones is 1. The molecule has 1 saturated carbocycles. The van der Waals surface area contributed by atoms with Crippen molar-refractivity contribution in [3.05, 3.63) is 72.2 Å². The third kappa shape index (κ3) is 3.96. The molecule has 0 spiro atoms. The van der Waals surface area contributed by atoms with E-state index in [1.807, 2.05) is 53.1 Å². The first-order valence-corrected chi connectivity index (χ1v) is 10.9. The van der Waals surface area contributed by atoms with Crippen LogP contribution in [0.3, 0.4) is 0 Å². The van der Waals surface area contributed by atoms with Crippen LogP contribution in [-0.4, -0.2) is 28.1 Å². The van der Waals surface area contributed by atoms with Gasteiger partial charge in [-0.15, -0.1) is 0 Å². The Kier molecular flexibility index (Phi) is 5.13. The summed E-state index contributed by atoms with van der Waals surface area (Å²) in [6.07, 6.45) is 6.27. The molecule has 1 aliphatic rings. The molecule has 0 radical (unpaired) electrons. The zero-order valence-electron chi connectivity index (χ0n) is 18.2. The summed E-state index contributed by atoms with van der Waals surface area (Å²) >= 11 is 0. The molecule has 0 bridgehead atoms. The Morgan fingerprint density at radius 2 is 1.81 bits per heavy atom. The monoisotopic (exact) mass is 427 g/mol. The van der Waals surface area contributed by atoms with Crippen LogP contribution in [0.25, 0.3) is 28.2 Å². The molecule has 5 rings (SSSR count). The number of carbonyl (C=O) groups excluding carboxylic acids is 2. The molecular weight excluding hydrogens is 402 g/mol. The predicted molar refractivity (Wildman–Crippen MR) is 122 cm³/mol. The lowest BCUT2D eigenvalue weighted by atomic mass is 9.95. The van der Waals surface area contributed by atoms with E-state index in [2.05, 4.69) is 23.4 Å². The number of aromatic nitrogens is 2. The van der Waals surface area contributed by atoms with Crippen LogP contribution in [0.15, 0.2) is 65.3 Å². The second-order valence-electron chi connectivity index (χ2n) is 8.52. The lowest BCUT2D eigenvalue weighted by Crippen LogP contribution is -2.30. The maximum absolute atomic E-state index is 12.7. The van der Waals surface area contributed by atoms with Gasteiger partial charge < -0.3 is 14.1 Å². The van der Waals surface area contributed by atoms with Crippen molar-refractivity contribution in [3.8, 4) is 22.6 Å². The topological polar surface area (TPSA) is 76.6 Å². The molecule has 3 aromatic heterocycles. The average Bonchev–Trinajstić information content (AvgIpc) is 3.36. The van der Waals surface area contributed by atoms with E-state index < -0.39 is 0 Å². The normalized spacial score (nSPS) is 14.4. The van der Waals surface area contributed by atoms with Crippen molar-refractivity contribution in [2.75, 3.05) is 7.05 Å². The quantitative estimate of drug-likeness (QED) is 0.425. The molecule has 4 aromatic rings. The molecule has 1 amide bonds. The highest BCUT2D eigenvalue weighted by Gasteiger charge is 2.37. The predicted octanol–water partition coefficient (Wildman–Crippen LogP) is 4.91. The highest BCUT2D eigenvalue weighted by atomic mass is 16.3. The first-order valence-electron chi connectivity index (χ1n) is 10.9. The zero-order valence-corrected chi connectivity index (χ0v) is 18.2. The van der Waals surface area contributed by atoms with Gasteiger partial charge in [0.1, 0.15) is 11.4 Å². The van der Waals surface area contributed by atoms with E-state index in [1.54, 1.807) is 13.1 Å². The van der Waals surface area contributed by atoms with Crippen LogP contribution >= 0.6 is 0 Å². The standard InChI is InChI=1S/C26H25N3O3/c1-16-3-12-25-28-21(15-29(25)14-16)18-6-8-19(9-7-18)23-10-11-24(32-23)22(30)13-20(17-4-5-17)26(31)27-2/h3,6-12,14-15,17,20H,4-5,13H2,1-2H3,(H,27,31)/t20-/m0/s1. The van der Waals surface area contributed by atoms with Crippen LogP contribution < -0.4 is 5.32 Å². The molecule has 6 nitrogen and oxygen atoms in total. The highest BCUT2D eigenvalue weighted by Crippen LogP contribution is 2.39. The van der Waals surface area contributed by atoms with Crippen molar-refractivity contribution in [3.63, 3.8) is 0 Å². The summed E-state index contributed by atoms with van der Waals surface area (Å²) in [6.45, 7) is 2.06. The summed E-state index contributed by atoms with van der Waals surface area (Å²) in [5.41, 5.74) is 4.88. The van der Waals surface area contributed by atoms with Gasteiger partial charge in [0, 0.05) is 42.9 Å². The van der Waals surface area contributed by atoms with Crippen molar-refractivity contribution in [2.45, 2.75) is 26.2 Å². The van der Waals surface area contributed by atoms with Gasteiger partial charge in [-0.05, 0) is 49.4 Å². The van der Waals surface area contributed by atoms with Crippen LogP contribution in [0, 0.1) is 18.8 Å². The Hall–Kier alpha value is -3.67. The maximum Gasteiger partial charge on any atom is 0.223 e. The van der Waals surface area contributed by atoms with Gasteiger partial charge in [0.05, 0.1) is 5.69 Å². The van der Waals surface area contributed by atoms with Gasteiger partial charge >= 0.3 is 0 Å². The molecule has 1 N–H and O–H groups in total. The van der Waals surface area contributed by atoms with E-state index in [-0.39, 0.29) is 24.0 Å². The molecule has 3 heterocycles. The fourth-order valence-corrected chi connectivity index (χ4v) is 4.15. The minimum Gasteiger partial charge on any atom is -0.453 e. The molecule has 1 atom stereocenters. The van der Waals surface area contributed by atoms with E-state index in [0.717, 1.165) is 35.3 Å². The number of pyridine rings is 1. The molecule has 0 aliphatic heterocycles. The molecular formula is C26H25N3O3. The second-order valence-corrected chi connectivity index (χ2v) is 8.52. The number of furan rings is 1. The first-order chi connectivity index (χ1) is 15.5. The van der Waals surface area contributed by atoms with E-state index in [4.69, 9.17) is 4.42 Å². The number of aryl methyl sites for hydroxylation is 1. The number of hydrogen-bond acceptors (Lipinski definition) is 4. The van der Waals surface area contributed by atoms with Crippen LogP contribution in [0.2, 0.25) is 0 Å². The number of hydrogen-bond donors (Lipinski definition) is 1. The maximum atomic E-state index is 12.7. The number of imidazole rings is 1. The van der Waals surface area contributed by atoms with Crippen LogP contribution in [-0.2, 0) is 4.79 Å². The van der Waals surface area contributed by atoms with Crippen molar-refractivity contribution >= 4 is 17.3 Å². The van der Waals surface area contributed by atoms with E-state index in [1.165, 1.54) is 5.56 Å². The van der Waals surface area contributed by atoms with E-state index in [0.29, 0.717) is 17.4 Å². The van der Waals surface area contributed by atoms with Gasteiger partial charge in [-0.2, -0.15) is 0 Å². The Morgan fingerprint density at radius 3 is 2.53 bits per heavy atom. The van der Waals surface area contributed by atoms with Crippen molar-refractivity contribution in [1.29, 1.82) is 0 Å². The van der Waals surface area contributed by atoms with Crippen molar-refractivity contribution in [1.82, 2.24) is 14.7 Å². The fourth-order valence-electron chi connectivity index (χ4n) is 4.15. The van der Waals surface area contributed by atoms with E-state index in [9.17, 15) is 9.59 Å². The zero-order chi connectivity index (χ0) is 22.2. The molecule has 6 heteroatoms. The second kappa shape index (κ2) is 8.11. The molecule has 162 valence electrons. The summed E-state index contributed by atoms with van der Waals surface area (Å²) in [5.74, 6) is 0.778. The highest BCUT2D eigenvalue weighted by molar-refractivity contribution is 5.97. The van der Waals surface area contributed by atoms with Crippen molar-refractivity contribution in [2.24, 2.45) is 11.8 Å². The summed E-state index contributed by atoms with van der Waals surface area (Å²) in [4.78, 5) is 29.5. The number of Topliss-reactive ketones (excluding diaryl/α,β-unsaturated/α-hetero) is 1. The molecule has 1 aromatic carbocycles. The first kappa shape index (κ1) is 20.2. The Labute approximate surface area is 186 Å². The average molecular weight is 428 g/mol. The largest absolute Gasteiger partial charge is 0.453 e. The molecule has 0 unspecified atom stereocenters. The Bertz CT molecular complexity index is 1300. The number of nitrogens with zero attached hydrogens (tertiary/aromatic N) is 2. The number of amides is 1. The lowest BCUT2D eigenvalue weighted by molar-refractivity contribution is -0.125. The minimum atomic E-state index is -0.269. The summed E-state index contributed by atoms with van der Waals surface area (Å²) in [5, 5.41) is 2.68. The van der Waals surface area contributed by atoms with Gasteiger partial charge in [0.25, 0.3) is 0 Å².